The fourth-order valence-electron chi connectivity index (χ4n) is 3.25. The van der Waals surface area contributed by atoms with Crippen LogP contribution in [0.3, 0.4) is 0 Å². The first-order valence-electron chi connectivity index (χ1n) is 8.81. The second-order valence-corrected chi connectivity index (χ2v) is 7.72. The molecule has 1 saturated heterocycles. The number of carbonyl (C=O) groups excluding carboxylic acids is 2. The number of hydrogen-bond donors (Lipinski definition) is 0. The van der Waals surface area contributed by atoms with Gasteiger partial charge in [0.05, 0.1) is 11.4 Å². The Hall–Kier alpha value is -2.22. The van der Waals surface area contributed by atoms with Crippen molar-refractivity contribution in [2.75, 3.05) is 26.2 Å². The summed E-state index contributed by atoms with van der Waals surface area (Å²) >= 11 is 3.45. The first kappa shape index (κ1) is 17.2. The minimum Gasteiger partial charge on any atom is -0.339 e. The van der Waals surface area contributed by atoms with Gasteiger partial charge in [-0.1, -0.05) is 27.2 Å². The van der Waals surface area contributed by atoms with Gasteiger partial charge >= 0.3 is 0 Å². The smallest absolute Gasteiger partial charge is 0.276 e. The minimum atomic E-state index is -0.123. The Morgan fingerprint density at radius 1 is 1.12 bits per heavy atom. The van der Waals surface area contributed by atoms with E-state index in [1.807, 2.05) is 36.1 Å². The highest BCUT2D eigenvalue weighted by atomic mass is 79.9. The van der Waals surface area contributed by atoms with Gasteiger partial charge in [-0.2, -0.15) is 0 Å². The predicted molar refractivity (Wildman–Crippen MR) is 99.0 cm³/mol. The standard InChI is InChI=1S/C18H20BrN5O2/c1-12-16(20-21-24(12)15-4-2-3-14(19)11-15)18(26)23-9-7-22(8-10-23)17(25)13-5-6-13/h2-4,11,13H,5-10H2,1H3. The zero-order valence-electron chi connectivity index (χ0n) is 14.6. The summed E-state index contributed by atoms with van der Waals surface area (Å²) in [6, 6.07) is 7.70. The quantitative estimate of drug-likeness (QED) is 0.765. The van der Waals surface area contributed by atoms with E-state index in [1.54, 1.807) is 9.58 Å². The lowest BCUT2D eigenvalue weighted by atomic mass is 10.2. The van der Waals surface area contributed by atoms with Crippen molar-refractivity contribution in [1.29, 1.82) is 0 Å². The number of aromatic nitrogens is 3. The Morgan fingerprint density at radius 3 is 2.46 bits per heavy atom. The molecule has 1 aliphatic carbocycles. The first-order valence-corrected chi connectivity index (χ1v) is 9.60. The van der Waals surface area contributed by atoms with Crippen molar-refractivity contribution >= 4 is 27.7 Å². The van der Waals surface area contributed by atoms with Crippen molar-refractivity contribution in [3.05, 3.63) is 40.1 Å². The fraction of sp³-hybridized carbons (Fsp3) is 0.444. The zero-order chi connectivity index (χ0) is 18.3. The molecule has 2 heterocycles. The topological polar surface area (TPSA) is 71.3 Å². The van der Waals surface area contributed by atoms with E-state index in [0.717, 1.165) is 23.0 Å². The highest BCUT2D eigenvalue weighted by Crippen LogP contribution is 2.31. The number of rotatable bonds is 3. The van der Waals surface area contributed by atoms with E-state index in [-0.39, 0.29) is 17.7 Å². The minimum absolute atomic E-state index is 0.123. The summed E-state index contributed by atoms with van der Waals surface area (Å²) in [6.45, 7) is 4.13. The lowest BCUT2D eigenvalue weighted by molar-refractivity contribution is -0.134. The van der Waals surface area contributed by atoms with Crippen LogP contribution in [0.5, 0.6) is 0 Å². The summed E-state index contributed by atoms with van der Waals surface area (Å²) in [4.78, 5) is 28.6. The summed E-state index contributed by atoms with van der Waals surface area (Å²) in [5, 5.41) is 8.27. The number of hydrogen-bond acceptors (Lipinski definition) is 4. The van der Waals surface area contributed by atoms with Crippen LogP contribution in [0.25, 0.3) is 5.69 Å². The monoisotopic (exact) mass is 417 g/mol. The molecule has 1 aliphatic heterocycles. The van der Waals surface area contributed by atoms with Crippen molar-refractivity contribution in [1.82, 2.24) is 24.8 Å². The SMILES string of the molecule is Cc1c(C(=O)N2CCN(C(=O)C3CC3)CC2)nnn1-c1cccc(Br)c1. The molecule has 2 fully saturated rings. The molecule has 2 amide bonds. The maximum atomic E-state index is 12.9. The van der Waals surface area contributed by atoms with Crippen LogP contribution in [0.15, 0.2) is 28.7 Å². The number of benzene rings is 1. The van der Waals surface area contributed by atoms with Crippen LogP contribution in [-0.2, 0) is 4.79 Å². The molecule has 0 N–H and O–H groups in total. The molecule has 0 unspecified atom stereocenters. The molecule has 0 spiro atoms. The Balaban J connectivity index is 1.46. The summed E-state index contributed by atoms with van der Waals surface area (Å²) < 4.78 is 2.61. The average Bonchev–Trinajstić information content (AvgIpc) is 3.43. The van der Waals surface area contributed by atoms with Crippen LogP contribution in [-0.4, -0.2) is 62.8 Å². The number of carbonyl (C=O) groups is 2. The largest absolute Gasteiger partial charge is 0.339 e. The van der Waals surface area contributed by atoms with Gasteiger partial charge in [-0.25, -0.2) is 4.68 Å². The molecular weight excluding hydrogens is 398 g/mol. The summed E-state index contributed by atoms with van der Waals surface area (Å²) in [6.07, 6.45) is 2.02. The van der Waals surface area contributed by atoms with Crippen LogP contribution in [0.1, 0.15) is 29.0 Å². The summed E-state index contributed by atoms with van der Waals surface area (Å²) in [5.74, 6) is 0.348. The molecule has 1 aromatic heterocycles. The van der Waals surface area contributed by atoms with Gasteiger partial charge in [0.25, 0.3) is 5.91 Å². The normalized spacial score (nSPS) is 17.5. The van der Waals surface area contributed by atoms with Crippen LogP contribution < -0.4 is 0 Å². The molecule has 0 bridgehead atoms. The van der Waals surface area contributed by atoms with Gasteiger partial charge in [0, 0.05) is 36.6 Å². The van der Waals surface area contributed by atoms with Gasteiger partial charge in [0.15, 0.2) is 5.69 Å². The molecule has 2 aromatic rings. The number of amides is 2. The van der Waals surface area contributed by atoms with Crippen molar-refractivity contribution in [3.63, 3.8) is 0 Å². The maximum absolute atomic E-state index is 12.9. The zero-order valence-corrected chi connectivity index (χ0v) is 16.1. The molecular formula is C18H20BrN5O2. The molecule has 136 valence electrons. The maximum Gasteiger partial charge on any atom is 0.276 e. The van der Waals surface area contributed by atoms with Gasteiger partial charge in [-0.3, -0.25) is 9.59 Å². The van der Waals surface area contributed by atoms with E-state index >= 15 is 0 Å². The van der Waals surface area contributed by atoms with Gasteiger partial charge in [0.1, 0.15) is 0 Å². The third kappa shape index (κ3) is 3.25. The lowest BCUT2D eigenvalue weighted by Crippen LogP contribution is -2.51. The molecule has 8 heteroatoms. The Labute approximate surface area is 160 Å². The van der Waals surface area contributed by atoms with E-state index in [0.29, 0.717) is 37.6 Å². The van der Waals surface area contributed by atoms with E-state index in [2.05, 4.69) is 26.2 Å². The molecule has 26 heavy (non-hydrogen) atoms. The highest BCUT2D eigenvalue weighted by molar-refractivity contribution is 9.10. The third-order valence-electron chi connectivity index (χ3n) is 4.96. The van der Waals surface area contributed by atoms with Crippen molar-refractivity contribution in [2.24, 2.45) is 5.92 Å². The Kier molecular flexibility index (Phi) is 4.52. The molecule has 7 nitrogen and oxygen atoms in total. The lowest BCUT2D eigenvalue weighted by Gasteiger charge is -2.34. The second kappa shape index (κ2) is 6.83. The summed E-state index contributed by atoms with van der Waals surface area (Å²) in [7, 11) is 0. The Bertz CT molecular complexity index is 853. The predicted octanol–water partition coefficient (Wildman–Crippen LogP) is 2.03. The Morgan fingerprint density at radius 2 is 1.81 bits per heavy atom. The average molecular weight is 418 g/mol. The van der Waals surface area contributed by atoms with E-state index < -0.39 is 0 Å². The van der Waals surface area contributed by atoms with Crippen molar-refractivity contribution < 1.29 is 9.59 Å². The second-order valence-electron chi connectivity index (χ2n) is 6.81. The van der Waals surface area contributed by atoms with Crippen LogP contribution in [0.4, 0.5) is 0 Å². The van der Waals surface area contributed by atoms with Gasteiger partial charge < -0.3 is 9.80 Å². The van der Waals surface area contributed by atoms with Gasteiger partial charge in [-0.05, 0) is 38.0 Å². The molecule has 0 radical (unpaired) electrons. The number of piperazine rings is 1. The first-order chi connectivity index (χ1) is 12.5. The van der Waals surface area contributed by atoms with E-state index in [4.69, 9.17) is 0 Å². The number of nitrogens with zero attached hydrogens (tertiary/aromatic N) is 5. The van der Waals surface area contributed by atoms with Crippen LogP contribution in [0.2, 0.25) is 0 Å². The fourth-order valence-corrected chi connectivity index (χ4v) is 3.64. The number of halogens is 1. The molecule has 2 aliphatic rings. The molecule has 1 saturated carbocycles. The van der Waals surface area contributed by atoms with E-state index in [1.165, 1.54) is 0 Å². The van der Waals surface area contributed by atoms with Crippen molar-refractivity contribution in [3.8, 4) is 5.69 Å². The highest BCUT2D eigenvalue weighted by Gasteiger charge is 2.35. The van der Waals surface area contributed by atoms with E-state index in [9.17, 15) is 9.59 Å². The molecule has 0 atom stereocenters. The van der Waals surface area contributed by atoms with Crippen LogP contribution in [0, 0.1) is 12.8 Å². The summed E-state index contributed by atoms with van der Waals surface area (Å²) in [5.41, 5.74) is 1.93. The molecule has 1 aromatic carbocycles. The molecule has 4 rings (SSSR count). The van der Waals surface area contributed by atoms with Gasteiger partial charge in [0.2, 0.25) is 5.91 Å². The van der Waals surface area contributed by atoms with Crippen molar-refractivity contribution in [2.45, 2.75) is 19.8 Å². The van der Waals surface area contributed by atoms with Gasteiger partial charge in [-0.15, -0.1) is 5.10 Å². The van der Waals surface area contributed by atoms with Crippen LogP contribution >= 0.6 is 15.9 Å². The third-order valence-corrected chi connectivity index (χ3v) is 5.45.